The number of alkyl halides is 1. The molecule has 1 unspecified atom stereocenters. The smallest absolute Gasteiger partial charge is 0.124 e. The Labute approximate surface area is 125 Å². The van der Waals surface area contributed by atoms with Gasteiger partial charge in [-0.15, -0.1) is 11.6 Å². The van der Waals surface area contributed by atoms with Gasteiger partial charge >= 0.3 is 0 Å². The van der Waals surface area contributed by atoms with Crippen molar-refractivity contribution in [1.82, 2.24) is 0 Å². The minimum Gasteiger partial charge on any atom is -0.384 e. The fourth-order valence-electron chi connectivity index (χ4n) is 2.02. The predicted molar refractivity (Wildman–Crippen MR) is 76.1 cm³/mol. The molecule has 0 aromatic heterocycles. The van der Waals surface area contributed by atoms with Crippen molar-refractivity contribution >= 4 is 23.2 Å². The lowest BCUT2D eigenvalue weighted by Crippen LogP contribution is -2.31. The third-order valence-corrected chi connectivity index (χ3v) is 3.82. The Morgan fingerprint density at radius 2 is 1.60 bits per heavy atom. The Kier molecular flexibility index (Phi) is 4.63. The molecular formula is C15H12Cl2F2O. The molecule has 5 heteroatoms. The fraction of sp³-hybridized carbons (Fsp3) is 0.200. The van der Waals surface area contributed by atoms with Crippen molar-refractivity contribution in [3.8, 4) is 0 Å². The Hall–Kier alpha value is -1.16. The van der Waals surface area contributed by atoms with E-state index in [2.05, 4.69) is 0 Å². The quantitative estimate of drug-likeness (QED) is 0.834. The minimum atomic E-state index is -1.44. The van der Waals surface area contributed by atoms with Crippen LogP contribution in [0, 0.1) is 11.6 Å². The van der Waals surface area contributed by atoms with Gasteiger partial charge in [0.05, 0.1) is 5.88 Å². The maximum Gasteiger partial charge on any atom is 0.124 e. The Morgan fingerprint density at radius 3 is 2.15 bits per heavy atom. The molecule has 0 bridgehead atoms. The molecule has 0 fully saturated rings. The molecule has 2 aromatic carbocycles. The van der Waals surface area contributed by atoms with Gasteiger partial charge in [-0.1, -0.05) is 29.8 Å². The zero-order chi connectivity index (χ0) is 14.8. The highest BCUT2D eigenvalue weighted by molar-refractivity contribution is 6.31. The Balaban J connectivity index is 2.35. The molecule has 1 atom stereocenters. The van der Waals surface area contributed by atoms with Gasteiger partial charge in [0.15, 0.2) is 0 Å². The van der Waals surface area contributed by atoms with Crippen LogP contribution in [-0.2, 0) is 12.0 Å². The molecule has 1 nitrogen and oxygen atoms in total. The topological polar surface area (TPSA) is 20.2 Å². The van der Waals surface area contributed by atoms with Crippen molar-refractivity contribution < 1.29 is 13.9 Å². The van der Waals surface area contributed by atoms with E-state index >= 15 is 0 Å². The van der Waals surface area contributed by atoms with E-state index in [4.69, 9.17) is 23.2 Å². The number of aliphatic hydroxyl groups is 1. The van der Waals surface area contributed by atoms with Crippen molar-refractivity contribution in [3.05, 3.63) is 70.2 Å². The average molecular weight is 317 g/mol. The van der Waals surface area contributed by atoms with Crippen molar-refractivity contribution in [3.63, 3.8) is 0 Å². The van der Waals surface area contributed by atoms with Gasteiger partial charge < -0.3 is 5.11 Å². The minimum absolute atomic E-state index is 0.107. The third kappa shape index (κ3) is 3.29. The summed E-state index contributed by atoms with van der Waals surface area (Å²) in [5, 5.41) is 10.8. The van der Waals surface area contributed by atoms with E-state index in [1.807, 2.05) is 0 Å². The number of hydrogen-bond donors (Lipinski definition) is 1. The highest BCUT2D eigenvalue weighted by Gasteiger charge is 2.31. The molecule has 0 aliphatic rings. The molecule has 0 spiro atoms. The van der Waals surface area contributed by atoms with Gasteiger partial charge in [0, 0.05) is 17.0 Å². The zero-order valence-electron chi connectivity index (χ0n) is 10.4. The predicted octanol–water partition coefficient (Wildman–Crippen LogP) is 4.29. The summed E-state index contributed by atoms with van der Waals surface area (Å²) in [7, 11) is 0. The van der Waals surface area contributed by atoms with Crippen molar-refractivity contribution in [2.24, 2.45) is 0 Å². The van der Waals surface area contributed by atoms with Crippen LogP contribution in [0.2, 0.25) is 5.02 Å². The second-order valence-electron chi connectivity index (χ2n) is 4.59. The summed E-state index contributed by atoms with van der Waals surface area (Å²) in [6, 6.07) is 9.47. The monoisotopic (exact) mass is 316 g/mol. The van der Waals surface area contributed by atoms with Crippen LogP contribution in [0.5, 0.6) is 0 Å². The lowest BCUT2D eigenvalue weighted by Gasteiger charge is -2.27. The van der Waals surface area contributed by atoms with Gasteiger partial charge in [-0.05, 0) is 29.8 Å². The molecule has 20 heavy (non-hydrogen) atoms. The summed E-state index contributed by atoms with van der Waals surface area (Å²) in [5.74, 6) is -0.962. The SMILES string of the molecule is OC(CCl)(Cc1ccc(F)cc1)c1ccc(F)cc1Cl. The van der Waals surface area contributed by atoms with Crippen LogP contribution in [0.15, 0.2) is 42.5 Å². The molecule has 0 saturated carbocycles. The maximum absolute atomic E-state index is 13.1. The van der Waals surface area contributed by atoms with Crippen LogP contribution in [0.4, 0.5) is 8.78 Å². The van der Waals surface area contributed by atoms with Crippen molar-refractivity contribution in [2.75, 3.05) is 5.88 Å². The van der Waals surface area contributed by atoms with E-state index in [0.29, 0.717) is 11.1 Å². The van der Waals surface area contributed by atoms with Crippen LogP contribution < -0.4 is 0 Å². The molecule has 1 N–H and O–H groups in total. The fourth-order valence-corrected chi connectivity index (χ4v) is 2.60. The van der Waals surface area contributed by atoms with Crippen molar-refractivity contribution in [1.29, 1.82) is 0 Å². The number of rotatable bonds is 4. The molecule has 2 rings (SSSR count). The molecule has 0 radical (unpaired) electrons. The van der Waals surface area contributed by atoms with Gasteiger partial charge in [0.1, 0.15) is 17.2 Å². The van der Waals surface area contributed by atoms with Crippen LogP contribution in [0.1, 0.15) is 11.1 Å². The molecule has 0 aliphatic heterocycles. The number of hydrogen-bond acceptors (Lipinski definition) is 1. The van der Waals surface area contributed by atoms with Crippen LogP contribution in [-0.4, -0.2) is 11.0 Å². The second-order valence-corrected chi connectivity index (χ2v) is 5.27. The summed E-state index contributed by atoms with van der Waals surface area (Å²) in [6.45, 7) is 0. The first kappa shape index (κ1) is 15.2. The van der Waals surface area contributed by atoms with Gasteiger partial charge in [-0.25, -0.2) is 8.78 Å². The molecule has 0 aliphatic carbocycles. The molecule has 0 saturated heterocycles. The first-order valence-electron chi connectivity index (χ1n) is 5.93. The normalized spacial score (nSPS) is 14.1. The number of benzene rings is 2. The molecule has 106 valence electrons. The standard InChI is InChI=1S/C15H12Cl2F2O/c16-9-15(20,8-10-1-3-11(18)4-2-10)13-6-5-12(19)7-14(13)17/h1-7,20H,8-9H2. The van der Waals surface area contributed by atoms with Crippen LogP contribution in [0.25, 0.3) is 0 Å². The Morgan fingerprint density at radius 1 is 1.00 bits per heavy atom. The number of halogens is 4. The zero-order valence-corrected chi connectivity index (χ0v) is 11.9. The van der Waals surface area contributed by atoms with Crippen LogP contribution >= 0.6 is 23.2 Å². The average Bonchev–Trinajstić information content (AvgIpc) is 2.41. The molecule has 2 aromatic rings. The van der Waals surface area contributed by atoms with Gasteiger partial charge in [-0.2, -0.15) is 0 Å². The molecule has 0 amide bonds. The summed E-state index contributed by atoms with van der Waals surface area (Å²) < 4.78 is 26.0. The highest BCUT2D eigenvalue weighted by Crippen LogP contribution is 2.33. The summed E-state index contributed by atoms with van der Waals surface area (Å²) in [5.41, 5.74) is -0.390. The van der Waals surface area contributed by atoms with Crippen LogP contribution in [0.3, 0.4) is 0 Å². The van der Waals surface area contributed by atoms with E-state index in [1.165, 1.54) is 24.3 Å². The van der Waals surface area contributed by atoms with Gasteiger partial charge in [0.2, 0.25) is 0 Å². The van der Waals surface area contributed by atoms with E-state index in [1.54, 1.807) is 12.1 Å². The van der Waals surface area contributed by atoms with Crippen molar-refractivity contribution in [2.45, 2.75) is 12.0 Å². The summed E-state index contributed by atoms with van der Waals surface area (Å²) in [4.78, 5) is 0. The van der Waals surface area contributed by atoms with Gasteiger partial charge in [0.25, 0.3) is 0 Å². The lowest BCUT2D eigenvalue weighted by atomic mass is 9.89. The van der Waals surface area contributed by atoms with E-state index in [9.17, 15) is 13.9 Å². The van der Waals surface area contributed by atoms with Gasteiger partial charge in [-0.3, -0.25) is 0 Å². The molecular weight excluding hydrogens is 305 g/mol. The summed E-state index contributed by atoms with van der Waals surface area (Å²) in [6.07, 6.45) is 0.155. The summed E-state index contributed by atoms with van der Waals surface area (Å²) >= 11 is 11.8. The first-order valence-corrected chi connectivity index (χ1v) is 6.84. The highest BCUT2D eigenvalue weighted by atomic mass is 35.5. The largest absolute Gasteiger partial charge is 0.384 e. The lowest BCUT2D eigenvalue weighted by molar-refractivity contribution is 0.0614. The van der Waals surface area contributed by atoms with E-state index in [0.717, 1.165) is 6.07 Å². The van der Waals surface area contributed by atoms with E-state index < -0.39 is 11.4 Å². The first-order chi connectivity index (χ1) is 9.44. The molecule has 0 heterocycles. The third-order valence-electron chi connectivity index (χ3n) is 3.06. The second kappa shape index (κ2) is 6.08. The Bertz CT molecular complexity index is 601. The van der Waals surface area contributed by atoms with E-state index in [-0.39, 0.29) is 23.1 Å². The maximum atomic E-state index is 13.1.